The molecule has 0 heterocycles. The second-order valence-corrected chi connectivity index (χ2v) is 6.54. The standard InChI is InChI=1S/C16H14N2O4S/c19-15-10-5-11-3-1-2-4-14(11)16(15)18-17-12-6-8-13(9-7-12)23(20,21)22/h2,4-10,19H,1,3H2,(H,20,21,22). The molecule has 0 radical (unpaired) electrons. The summed E-state index contributed by atoms with van der Waals surface area (Å²) < 4.78 is 30.9. The predicted octanol–water partition coefficient (Wildman–Crippen LogP) is 4.01. The van der Waals surface area contributed by atoms with Crippen molar-refractivity contribution in [2.75, 3.05) is 0 Å². The molecule has 1 aliphatic carbocycles. The van der Waals surface area contributed by atoms with Crippen LogP contribution in [0.15, 0.2) is 57.6 Å². The van der Waals surface area contributed by atoms with E-state index in [0.29, 0.717) is 11.4 Å². The van der Waals surface area contributed by atoms with Gasteiger partial charge in [-0.15, -0.1) is 5.11 Å². The average Bonchev–Trinajstić information content (AvgIpc) is 2.53. The first-order chi connectivity index (χ1) is 10.9. The van der Waals surface area contributed by atoms with E-state index in [1.165, 1.54) is 24.3 Å². The highest BCUT2D eigenvalue weighted by atomic mass is 32.2. The third-order valence-corrected chi connectivity index (χ3v) is 4.42. The summed E-state index contributed by atoms with van der Waals surface area (Å²) in [5, 5.41) is 18.1. The van der Waals surface area contributed by atoms with Crippen molar-refractivity contribution in [2.45, 2.75) is 17.7 Å². The van der Waals surface area contributed by atoms with Crippen LogP contribution in [0.4, 0.5) is 11.4 Å². The Kier molecular flexibility index (Phi) is 3.97. The van der Waals surface area contributed by atoms with Crippen LogP contribution in [0.2, 0.25) is 0 Å². The monoisotopic (exact) mass is 330 g/mol. The number of hydrogen-bond acceptors (Lipinski definition) is 5. The molecule has 0 fully saturated rings. The number of rotatable bonds is 3. The summed E-state index contributed by atoms with van der Waals surface area (Å²) in [6, 6.07) is 8.79. The van der Waals surface area contributed by atoms with E-state index in [2.05, 4.69) is 10.2 Å². The Labute approximate surface area is 133 Å². The number of aromatic hydroxyl groups is 1. The van der Waals surface area contributed by atoms with E-state index < -0.39 is 10.1 Å². The van der Waals surface area contributed by atoms with E-state index >= 15 is 0 Å². The summed E-state index contributed by atoms with van der Waals surface area (Å²) in [4.78, 5) is -0.209. The highest BCUT2D eigenvalue weighted by Crippen LogP contribution is 2.37. The molecular weight excluding hydrogens is 316 g/mol. The Morgan fingerprint density at radius 3 is 2.43 bits per heavy atom. The molecule has 6 nitrogen and oxygen atoms in total. The molecule has 0 atom stereocenters. The summed E-state index contributed by atoms with van der Waals surface area (Å²) in [7, 11) is -4.23. The fourth-order valence-corrected chi connectivity index (χ4v) is 2.86. The van der Waals surface area contributed by atoms with E-state index in [4.69, 9.17) is 4.55 Å². The lowest BCUT2D eigenvalue weighted by Gasteiger charge is -2.12. The van der Waals surface area contributed by atoms with Gasteiger partial charge in [0.1, 0.15) is 11.4 Å². The van der Waals surface area contributed by atoms with Crippen molar-refractivity contribution in [1.29, 1.82) is 0 Å². The molecule has 1 aliphatic rings. The smallest absolute Gasteiger partial charge is 0.294 e. The maximum atomic E-state index is 11.0. The molecule has 2 aromatic carbocycles. The maximum Gasteiger partial charge on any atom is 0.294 e. The number of phenolic OH excluding ortho intramolecular Hbond substituents is 1. The van der Waals surface area contributed by atoms with Gasteiger partial charge < -0.3 is 5.11 Å². The lowest BCUT2D eigenvalue weighted by molar-refractivity contribution is 0.476. The van der Waals surface area contributed by atoms with Crippen molar-refractivity contribution in [3.8, 4) is 5.75 Å². The Morgan fingerprint density at radius 2 is 1.74 bits per heavy atom. The van der Waals surface area contributed by atoms with E-state index in [1.54, 1.807) is 6.07 Å². The van der Waals surface area contributed by atoms with Crippen LogP contribution in [-0.4, -0.2) is 18.1 Å². The quantitative estimate of drug-likeness (QED) is 0.656. The molecule has 2 aromatic rings. The minimum atomic E-state index is -4.23. The summed E-state index contributed by atoms with van der Waals surface area (Å²) in [6.45, 7) is 0. The number of nitrogens with zero attached hydrogens (tertiary/aromatic N) is 2. The molecule has 0 saturated carbocycles. The van der Waals surface area contributed by atoms with Gasteiger partial charge in [-0.3, -0.25) is 4.55 Å². The zero-order valence-corrected chi connectivity index (χ0v) is 12.9. The van der Waals surface area contributed by atoms with Crippen LogP contribution in [0.5, 0.6) is 5.75 Å². The molecule has 7 heteroatoms. The molecule has 0 spiro atoms. The van der Waals surface area contributed by atoms with Crippen LogP contribution in [0.1, 0.15) is 17.5 Å². The van der Waals surface area contributed by atoms with Crippen LogP contribution in [0.3, 0.4) is 0 Å². The molecule has 2 N–H and O–H groups in total. The molecule has 0 aromatic heterocycles. The minimum absolute atomic E-state index is 0.0357. The molecule has 0 aliphatic heterocycles. The van der Waals surface area contributed by atoms with Gasteiger partial charge in [0.25, 0.3) is 10.1 Å². The van der Waals surface area contributed by atoms with Gasteiger partial charge in [0, 0.05) is 5.56 Å². The highest BCUT2D eigenvalue weighted by molar-refractivity contribution is 7.85. The SMILES string of the molecule is O=S(=O)(O)c1ccc(N=Nc2c(O)ccc3c2C=CCC3)cc1. The van der Waals surface area contributed by atoms with Gasteiger partial charge in [-0.2, -0.15) is 13.5 Å². The normalized spacial score (nSPS) is 14.1. The van der Waals surface area contributed by atoms with Crippen LogP contribution in [-0.2, 0) is 16.5 Å². The summed E-state index contributed by atoms with van der Waals surface area (Å²) >= 11 is 0. The van der Waals surface area contributed by atoms with Gasteiger partial charge in [0.05, 0.1) is 10.6 Å². The van der Waals surface area contributed by atoms with E-state index in [1.807, 2.05) is 18.2 Å². The van der Waals surface area contributed by atoms with Crippen LogP contribution < -0.4 is 0 Å². The molecule has 3 rings (SSSR count). The number of azo groups is 1. The first-order valence-electron chi connectivity index (χ1n) is 6.96. The third-order valence-electron chi connectivity index (χ3n) is 3.55. The Balaban J connectivity index is 1.94. The third kappa shape index (κ3) is 3.30. The van der Waals surface area contributed by atoms with Crippen LogP contribution in [0, 0.1) is 0 Å². The summed E-state index contributed by atoms with van der Waals surface area (Å²) in [5.41, 5.74) is 2.74. The topological polar surface area (TPSA) is 99.3 Å². The predicted molar refractivity (Wildman–Crippen MR) is 85.9 cm³/mol. The molecule has 0 saturated heterocycles. The van der Waals surface area contributed by atoms with Gasteiger partial charge in [0.2, 0.25) is 0 Å². The Bertz CT molecular complexity index is 900. The molecule has 0 amide bonds. The first kappa shape index (κ1) is 15.4. The molecule has 0 bridgehead atoms. The fourth-order valence-electron chi connectivity index (χ4n) is 2.38. The second-order valence-electron chi connectivity index (χ2n) is 5.12. The van der Waals surface area contributed by atoms with Gasteiger partial charge in [0.15, 0.2) is 0 Å². The number of hydrogen-bond donors (Lipinski definition) is 2. The van der Waals surface area contributed by atoms with Crippen molar-refractivity contribution >= 4 is 27.6 Å². The van der Waals surface area contributed by atoms with Gasteiger partial charge in [-0.25, -0.2) is 0 Å². The number of fused-ring (bicyclic) bond motifs is 1. The van der Waals surface area contributed by atoms with Crippen molar-refractivity contribution in [2.24, 2.45) is 10.2 Å². The van der Waals surface area contributed by atoms with Crippen molar-refractivity contribution < 1.29 is 18.1 Å². The first-order valence-corrected chi connectivity index (χ1v) is 8.40. The van der Waals surface area contributed by atoms with E-state index in [9.17, 15) is 13.5 Å². The van der Waals surface area contributed by atoms with Crippen molar-refractivity contribution in [3.05, 3.63) is 53.6 Å². The van der Waals surface area contributed by atoms with Crippen LogP contribution >= 0.6 is 0 Å². The zero-order chi connectivity index (χ0) is 16.4. The largest absolute Gasteiger partial charge is 0.506 e. The number of phenols is 1. The lowest BCUT2D eigenvalue weighted by Crippen LogP contribution is -1.96. The number of benzene rings is 2. The maximum absolute atomic E-state index is 11.0. The number of aryl methyl sites for hydroxylation is 1. The van der Waals surface area contributed by atoms with E-state index in [0.717, 1.165) is 24.0 Å². The Morgan fingerprint density at radius 1 is 1.00 bits per heavy atom. The molecule has 23 heavy (non-hydrogen) atoms. The van der Waals surface area contributed by atoms with Crippen molar-refractivity contribution in [3.63, 3.8) is 0 Å². The minimum Gasteiger partial charge on any atom is -0.506 e. The number of allylic oxidation sites excluding steroid dienone is 1. The van der Waals surface area contributed by atoms with Crippen LogP contribution in [0.25, 0.3) is 6.08 Å². The van der Waals surface area contributed by atoms with Gasteiger partial charge in [-0.1, -0.05) is 18.2 Å². The average molecular weight is 330 g/mol. The summed E-state index contributed by atoms with van der Waals surface area (Å²) in [6.07, 6.45) is 5.76. The fraction of sp³-hybridized carbons (Fsp3) is 0.125. The lowest BCUT2D eigenvalue weighted by atomic mass is 9.96. The Hall–Kier alpha value is -2.51. The molecule has 0 unspecified atom stereocenters. The van der Waals surface area contributed by atoms with Gasteiger partial charge >= 0.3 is 0 Å². The molecule has 118 valence electrons. The zero-order valence-electron chi connectivity index (χ0n) is 12.0. The molecular formula is C16H14N2O4S. The van der Waals surface area contributed by atoms with Gasteiger partial charge in [-0.05, 0) is 48.7 Å². The summed E-state index contributed by atoms with van der Waals surface area (Å²) in [5.74, 6) is 0.0357. The van der Waals surface area contributed by atoms with Crippen molar-refractivity contribution in [1.82, 2.24) is 0 Å². The second kappa shape index (κ2) is 5.94. The van der Waals surface area contributed by atoms with E-state index in [-0.39, 0.29) is 10.6 Å². The highest BCUT2D eigenvalue weighted by Gasteiger charge is 2.13.